The number of guanidine groups is 1. The Morgan fingerprint density at radius 2 is 1.89 bits per heavy atom. The minimum absolute atomic E-state index is 0. The van der Waals surface area contributed by atoms with Crippen LogP contribution in [0.5, 0.6) is 0 Å². The number of aryl methyl sites for hydroxylation is 4. The molecule has 0 aliphatic carbocycles. The number of aliphatic imine (C=N–C) groups is 1. The van der Waals surface area contributed by atoms with E-state index in [4.69, 9.17) is 4.99 Å². The summed E-state index contributed by atoms with van der Waals surface area (Å²) in [7, 11) is 2.02. The van der Waals surface area contributed by atoms with Gasteiger partial charge in [-0.25, -0.2) is 9.98 Å². The largest absolute Gasteiger partial charge is 0.357 e. The van der Waals surface area contributed by atoms with Crippen molar-refractivity contribution in [3.63, 3.8) is 0 Å². The van der Waals surface area contributed by atoms with Crippen LogP contribution < -0.4 is 10.6 Å². The highest BCUT2D eigenvalue weighted by molar-refractivity contribution is 14.0. The molecular weight excluding hydrogens is 471 g/mol. The second kappa shape index (κ2) is 11.6. The van der Waals surface area contributed by atoms with E-state index in [-0.39, 0.29) is 24.0 Å². The minimum atomic E-state index is 0. The van der Waals surface area contributed by atoms with Gasteiger partial charge in [0.15, 0.2) is 5.96 Å². The van der Waals surface area contributed by atoms with Crippen LogP contribution in [0.1, 0.15) is 53.3 Å². The van der Waals surface area contributed by atoms with Gasteiger partial charge in [0.05, 0.1) is 22.9 Å². The van der Waals surface area contributed by atoms with Gasteiger partial charge in [-0.1, -0.05) is 13.8 Å². The summed E-state index contributed by atoms with van der Waals surface area (Å²) >= 11 is 1.78. The maximum atomic E-state index is 4.79. The molecule has 0 unspecified atom stereocenters. The summed E-state index contributed by atoms with van der Waals surface area (Å²) in [6.45, 7) is 12.9. The summed E-state index contributed by atoms with van der Waals surface area (Å²) in [6.07, 6.45) is 2.82. The second-order valence-electron chi connectivity index (χ2n) is 6.32. The molecule has 152 valence electrons. The molecule has 6 nitrogen and oxygen atoms in total. The molecule has 0 aliphatic heterocycles. The smallest absolute Gasteiger partial charge is 0.191 e. The average Bonchev–Trinajstić information content (AvgIpc) is 3.10. The van der Waals surface area contributed by atoms with Crippen LogP contribution >= 0.6 is 35.3 Å². The van der Waals surface area contributed by atoms with E-state index in [0.717, 1.165) is 49.7 Å². The summed E-state index contributed by atoms with van der Waals surface area (Å²) in [5.41, 5.74) is 4.83. The van der Waals surface area contributed by atoms with E-state index in [1.165, 1.54) is 21.1 Å². The Morgan fingerprint density at radius 3 is 2.44 bits per heavy atom. The topological polar surface area (TPSA) is 67.1 Å². The lowest BCUT2D eigenvalue weighted by Gasteiger charge is -2.11. The molecule has 2 N–H and O–H groups in total. The zero-order valence-electron chi connectivity index (χ0n) is 17.3. The fourth-order valence-corrected chi connectivity index (χ4v) is 3.94. The number of aromatic nitrogens is 3. The first kappa shape index (κ1) is 23.9. The molecule has 8 heteroatoms. The van der Waals surface area contributed by atoms with E-state index in [1.54, 1.807) is 11.3 Å². The lowest BCUT2D eigenvalue weighted by Crippen LogP contribution is -2.38. The van der Waals surface area contributed by atoms with Gasteiger partial charge >= 0.3 is 0 Å². The van der Waals surface area contributed by atoms with E-state index in [2.05, 4.69) is 55.3 Å². The maximum Gasteiger partial charge on any atom is 0.191 e. The third-order valence-electron chi connectivity index (χ3n) is 4.47. The third kappa shape index (κ3) is 6.44. The molecular formula is C19H33IN6S. The van der Waals surface area contributed by atoms with Gasteiger partial charge in [0.25, 0.3) is 0 Å². The minimum Gasteiger partial charge on any atom is -0.357 e. The van der Waals surface area contributed by atoms with Gasteiger partial charge in [-0.3, -0.25) is 4.68 Å². The third-order valence-corrected chi connectivity index (χ3v) is 5.60. The van der Waals surface area contributed by atoms with Crippen LogP contribution in [-0.4, -0.2) is 33.8 Å². The Balaban J connectivity index is 0.00000364. The van der Waals surface area contributed by atoms with Gasteiger partial charge in [0, 0.05) is 42.7 Å². The number of hydrogen-bond acceptors (Lipinski definition) is 4. The molecule has 0 bridgehead atoms. The zero-order chi connectivity index (χ0) is 19.1. The summed E-state index contributed by atoms with van der Waals surface area (Å²) in [6, 6.07) is 0. The SMILES string of the molecule is CCNC(=NCc1c(CC)nn(C)c1CC)NCCc1nc(C)c(C)s1.I. The van der Waals surface area contributed by atoms with Crippen molar-refractivity contribution < 1.29 is 0 Å². The summed E-state index contributed by atoms with van der Waals surface area (Å²) in [4.78, 5) is 10.7. The lowest BCUT2D eigenvalue weighted by molar-refractivity contribution is 0.703. The Labute approximate surface area is 184 Å². The Morgan fingerprint density at radius 1 is 1.15 bits per heavy atom. The molecule has 0 aromatic carbocycles. The first-order valence-electron chi connectivity index (χ1n) is 9.48. The molecule has 27 heavy (non-hydrogen) atoms. The predicted molar refractivity (Wildman–Crippen MR) is 125 cm³/mol. The van der Waals surface area contributed by atoms with Gasteiger partial charge < -0.3 is 10.6 Å². The maximum absolute atomic E-state index is 4.79. The highest BCUT2D eigenvalue weighted by Crippen LogP contribution is 2.17. The fourth-order valence-electron chi connectivity index (χ4n) is 3.01. The summed E-state index contributed by atoms with van der Waals surface area (Å²) in [5, 5.41) is 12.6. The molecule has 0 atom stereocenters. The van der Waals surface area contributed by atoms with Crippen molar-refractivity contribution in [1.82, 2.24) is 25.4 Å². The highest BCUT2D eigenvalue weighted by Gasteiger charge is 2.13. The van der Waals surface area contributed by atoms with Gasteiger partial charge in [0.1, 0.15) is 0 Å². The van der Waals surface area contributed by atoms with Crippen LogP contribution in [0.25, 0.3) is 0 Å². The first-order valence-corrected chi connectivity index (χ1v) is 10.3. The molecule has 2 aromatic rings. The molecule has 0 saturated carbocycles. The Bertz CT molecular complexity index is 730. The van der Waals surface area contributed by atoms with Gasteiger partial charge in [-0.15, -0.1) is 35.3 Å². The molecule has 2 aromatic heterocycles. The standard InChI is InChI=1S/C19H32N6S.HI/c1-7-16-15(17(8-2)25(6)24-16)12-22-19(20-9-3)21-11-10-18-23-13(4)14(5)26-18;/h7-12H2,1-6H3,(H2,20,21,22);1H. The van der Waals surface area contributed by atoms with Crippen LogP contribution in [0.2, 0.25) is 0 Å². The Hall–Kier alpha value is -1.16. The van der Waals surface area contributed by atoms with Crippen molar-refractivity contribution in [2.24, 2.45) is 12.0 Å². The van der Waals surface area contributed by atoms with Crippen molar-refractivity contribution in [3.05, 3.63) is 32.5 Å². The number of hydrogen-bond donors (Lipinski definition) is 2. The number of rotatable bonds is 8. The second-order valence-corrected chi connectivity index (χ2v) is 7.61. The summed E-state index contributed by atoms with van der Waals surface area (Å²) < 4.78 is 2.00. The normalized spacial score (nSPS) is 11.4. The van der Waals surface area contributed by atoms with Crippen molar-refractivity contribution >= 4 is 41.3 Å². The molecule has 0 aliphatic rings. The predicted octanol–water partition coefficient (Wildman–Crippen LogP) is 3.53. The molecule has 0 radical (unpaired) electrons. The molecule has 0 spiro atoms. The lowest BCUT2D eigenvalue weighted by atomic mass is 10.1. The first-order chi connectivity index (χ1) is 12.5. The monoisotopic (exact) mass is 504 g/mol. The fraction of sp³-hybridized carbons (Fsp3) is 0.632. The molecule has 2 rings (SSSR count). The van der Waals surface area contributed by atoms with Gasteiger partial charge in [-0.05, 0) is 33.6 Å². The molecule has 2 heterocycles. The van der Waals surface area contributed by atoms with E-state index in [9.17, 15) is 0 Å². The van der Waals surface area contributed by atoms with Crippen molar-refractivity contribution in [3.8, 4) is 0 Å². The van der Waals surface area contributed by atoms with E-state index in [1.807, 2.05) is 11.7 Å². The van der Waals surface area contributed by atoms with E-state index >= 15 is 0 Å². The number of nitrogens with zero attached hydrogens (tertiary/aromatic N) is 4. The van der Waals surface area contributed by atoms with Crippen LogP contribution in [-0.2, 0) is 32.9 Å². The summed E-state index contributed by atoms with van der Waals surface area (Å²) in [5.74, 6) is 0.852. The highest BCUT2D eigenvalue weighted by atomic mass is 127. The molecule has 0 amide bonds. The molecule has 0 fully saturated rings. The Kier molecular flexibility index (Phi) is 10.3. The van der Waals surface area contributed by atoms with Crippen LogP contribution in [0.4, 0.5) is 0 Å². The van der Waals surface area contributed by atoms with Gasteiger partial charge in [0.2, 0.25) is 0 Å². The van der Waals surface area contributed by atoms with Gasteiger partial charge in [-0.2, -0.15) is 5.10 Å². The van der Waals surface area contributed by atoms with Crippen LogP contribution in [0.15, 0.2) is 4.99 Å². The van der Waals surface area contributed by atoms with E-state index < -0.39 is 0 Å². The van der Waals surface area contributed by atoms with E-state index in [0.29, 0.717) is 6.54 Å². The van der Waals surface area contributed by atoms with Crippen molar-refractivity contribution in [1.29, 1.82) is 0 Å². The number of halogens is 1. The zero-order valence-corrected chi connectivity index (χ0v) is 20.5. The average molecular weight is 504 g/mol. The number of nitrogens with one attached hydrogen (secondary N) is 2. The number of thiazole rings is 1. The van der Waals surface area contributed by atoms with Crippen LogP contribution in [0, 0.1) is 13.8 Å². The molecule has 0 saturated heterocycles. The van der Waals surface area contributed by atoms with Crippen LogP contribution in [0.3, 0.4) is 0 Å². The van der Waals surface area contributed by atoms with Crippen molar-refractivity contribution in [2.45, 2.75) is 60.4 Å². The van der Waals surface area contributed by atoms with Crippen molar-refractivity contribution in [2.75, 3.05) is 13.1 Å². The quantitative estimate of drug-likeness (QED) is 0.328.